The van der Waals surface area contributed by atoms with Crippen LogP contribution in [-0.2, 0) is 40.1 Å². The Balaban J connectivity index is 0.000000145. The standard InChI is InChI=1S/C31H35N3O2.3C18H10N2O.C17H37NO2S.C5H13NO2S.C4H11NO2S.C3H9NO2S/c1-5-20(6-2)18-33(19-21(7-3)8-4)30(35)23-15-16-24-25(17-23)29-32-26-13-9-11-22-12-10-14-27(28(22)26)34(29)31(24)36;3*21-18-13-8-2-1-7-12(13)17-19-14-9-3-5-11-6-4-10-15(16(11)14)20(17)18;1-6-10-12-16(8-3)14-18(21(5,19)20)15-17(9-4)13-11-7-2;1-4-6(5-2)9(3,7)8;1-4-5(2)8(3,6)7;1-3-4-7(2,5)6/h9-17,20-21H,5-8,18-19H2,1-4H3;3*1-10H;16-17H,6-15H2,1-5H3;4-5H2,1-3H3;4H2,1-3H3;4H,3H2,1-2H3. The molecule has 0 aromatic heterocycles. The first-order valence-corrected chi connectivity index (χ1v) is 57.7. The molecular formula is C114H135N13O13S4. The van der Waals surface area contributed by atoms with Crippen LogP contribution >= 0.6 is 0 Å². The molecule has 20 rings (SSSR count). The van der Waals surface area contributed by atoms with Gasteiger partial charge in [-0.1, -0.05) is 299 Å². The first-order valence-electron chi connectivity index (χ1n) is 50.3. The van der Waals surface area contributed by atoms with E-state index in [0.29, 0.717) is 79.9 Å². The van der Waals surface area contributed by atoms with E-state index in [-0.39, 0.29) is 29.5 Å². The fourth-order valence-corrected chi connectivity index (χ4v) is 22.1. The summed E-state index contributed by atoms with van der Waals surface area (Å²) in [6.45, 7) is 29.8. The monoisotopic (exact) mass is 2020 g/mol. The fraction of sp³-hybridized carbons (Fsp3) is 0.360. The minimum atomic E-state index is -3.09. The summed E-state index contributed by atoms with van der Waals surface area (Å²) in [5, 5.41) is 8.51. The second-order valence-corrected chi connectivity index (χ2v) is 45.0. The van der Waals surface area contributed by atoms with Crippen molar-refractivity contribution in [2.45, 2.75) is 160 Å². The van der Waals surface area contributed by atoms with E-state index < -0.39 is 40.1 Å². The van der Waals surface area contributed by atoms with Gasteiger partial charge in [-0.3, -0.25) is 43.6 Å². The third kappa shape index (κ3) is 24.1. The zero-order valence-corrected chi connectivity index (χ0v) is 89.0. The highest BCUT2D eigenvalue weighted by Crippen LogP contribution is 2.49. The molecule has 144 heavy (non-hydrogen) atoms. The van der Waals surface area contributed by atoms with E-state index in [0.717, 1.165) is 216 Å². The maximum Gasteiger partial charge on any atom is 0.264 e. The predicted octanol–water partition coefficient (Wildman–Crippen LogP) is 23.3. The Morgan fingerprint density at radius 3 is 0.840 bits per heavy atom. The number of aliphatic imine (C=N–C) groups is 4. The number of amides is 5. The van der Waals surface area contributed by atoms with E-state index in [2.05, 4.69) is 96.5 Å². The molecule has 0 radical (unpaired) electrons. The van der Waals surface area contributed by atoms with E-state index in [1.807, 2.05) is 219 Å². The number of carbonyl (C=O) groups excluding carboxylic acids is 5. The molecule has 12 aromatic rings. The third-order valence-corrected chi connectivity index (χ3v) is 32.4. The van der Waals surface area contributed by atoms with Crippen molar-refractivity contribution < 1.29 is 57.6 Å². The number of nitrogens with zero attached hydrogens (tertiary/aromatic N) is 12. The second-order valence-electron chi connectivity index (χ2n) is 37.1. The number of fused-ring (bicyclic) bond motifs is 16. The Kier molecular flexibility index (Phi) is 36.1. The summed E-state index contributed by atoms with van der Waals surface area (Å²) in [6.07, 6.45) is 18.3. The molecule has 0 fully saturated rings. The van der Waals surface area contributed by atoms with E-state index in [1.54, 1.807) is 44.8 Å². The van der Waals surface area contributed by atoms with Crippen molar-refractivity contribution in [3.05, 3.63) is 287 Å². The molecule has 12 aromatic carbocycles. The van der Waals surface area contributed by atoms with Gasteiger partial charge in [0.1, 0.15) is 23.3 Å². The zero-order chi connectivity index (χ0) is 104. The van der Waals surface area contributed by atoms with Gasteiger partial charge in [0.2, 0.25) is 40.1 Å². The SMILES string of the molecule is CCC(CC)CN(CC(CC)CC)C(=O)c1ccc2c(c1)C1=Nc3cccc4cccc(c34)N1C2=O.CCCCC(CC)CN(CC(CC)CCCC)S(C)(=O)=O.CCN(C)S(C)(=O)=O.CCN(CC)S(C)(=O)=O.CCNS(C)(=O)=O.O=C1c2ccccc2C2=Nc3cccc4cccc(c34)N12.O=C1c2ccccc2C2=Nc3cccc4cccc(c34)N12.O=C1c2ccccc2C2=Nc3cccc4cccc(c34)N12. The number of nitrogens with one attached hydrogen (secondary N) is 1. The van der Waals surface area contributed by atoms with Crippen LogP contribution in [0.3, 0.4) is 0 Å². The maximum atomic E-state index is 13.9. The average molecular weight is 2020 g/mol. The summed E-state index contributed by atoms with van der Waals surface area (Å²) in [4.78, 5) is 93.6. The van der Waals surface area contributed by atoms with Crippen LogP contribution in [0.15, 0.2) is 257 Å². The molecule has 2 unspecified atom stereocenters. The molecule has 30 heteroatoms. The molecular weight excluding hydrogens is 1890 g/mol. The highest BCUT2D eigenvalue weighted by Gasteiger charge is 2.43. The Hall–Kier alpha value is -12.7. The minimum absolute atomic E-state index is 0.00588. The molecule has 758 valence electrons. The van der Waals surface area contributed by atoms with Gasteiger partial charge in [-0.25, -0.2) is 71.3 Å². The number of benzene rings is 12. The molecule has 8 heterocycles. The van der Waals surface area contributed by atoms with E-state index in [1.165, 1.54) is 53.1 Å². The number of sulfonamides is 4. The predicted molar refractivity (Wildman–Crippen MR) is 590 cm³/mol. The van der Waals surface area contributed by atoms with Gasteiger partial charge in [0.15, 0.2) is 0 Å². The van der Waals surface area contributed by atoms with Crippen molar-refractivity contribution in [2.24, 2.45) is 43.6 Å². The van der Waals surface area contributed by atoms with Crippen LogP contribution in [0, 0.1) is 23.7 Å². The lowest BCUT2D eigenvalue weighted by atomic mass is 9.97. The number of amidine groups is 4. The van der Waals surface area contributed by atoms with Crippen molar-refractivity contribution in [1.29, 1.82) is 0 Å². The van der Waals surface area contributed by atoms with E-state index in [9.17, 15) is 57.6 Å². The summed E-state index contributed by atoms with van der Waals surface area (Å²) < 4.78 is 93.6. The summed E-state index contributed by atoms with van der Waals surface area (Å²) in [5.74, 6) is 4.77. The molecule has 2 atom stereocenters. The smallest absolute Gasteiger partial charge is 0.264 e. The highest BCUT2D eigenvalue weighted by molar-refractivity contribution is 7.89. The van der Waals surface area contributed by atoms with Gasteiger partial charge in [0, 0.05) is 109 Å². The van der Waals surface area contributed by atoms with Gasteiger partial charge in [0.05, 0.1) is 92.8 Å². The van der Waals surface area contributed by atoms with E-state index in [4.69, 9.17) is 20.0 Å². The third-order valence-electron chi connectivity index (χ3n) is 27.5. The lowest BCUT2D eigenvalue weighted by Crippen LogP contribution is -2.38. The van der Waals surface area contributed by atoms with Crippen LogP contribution in [0.1, 0.15) is 234 Å². The van der Waals surface area contributed by atoms with Gasteiger partial charge >= 0.3 is 0 Å². The van der Waals surface area contributed by atoms with Crippen LogP contribution < -0.4 is 24.3 Å². The molecule has 1 N–H and O–H groups in total. The van der Waals surface area contributed by atoms with Gasteiger partial charge < -0.3 is 4.90 Å². The molecule has 8 aliphatic heterocycles. The molecule has 0 spiro atoms. The maximum absolute atomic E-state index is 13.9. The Morgan fingerprint density at radius 2 is 0.604 bits per heavy atom. The van der Waals surface area contributed by atoms with Gasteiger partial charge in [0.25, 0.3) is 29.5 Å². The topological polar surface area (TPSA) is 309 Å². The van der Waals surface area contributed by atoms with Crippen LogP contribution in [0.5, 0.6) is 0 Å². The van der Waals surface area contributed by atoms with Gasteiger partial charge in [-0.2, -0.15) is 0 Å². The Labute approximate surface area is 850 Å². The number of anilines is 4. The average Bonchev–Trinajstić information content (AvgIpc) is 1.58. The molecule has 26 nitrogen and oxygen atoms in total. The second kappa shape index (κ2) is 47.9. The number of hydrogen-bond donors (Lipinski definition) is 1. The molecule has 5 amide bonds. The normalized spacial score (nSPS) is 14.3. The zero-order valence-electron chi connectivity index (χ0n) is 85.8. The van der Waals surface area contributed by atoms with Crippen LogP contribution in [0.2, 0.25) is 0 Å². The van der Waals surface area contributed by atoms with Crippen LogP contribution in [0.25, 0.3) is 43.1 Å². The summed E-state index contributed by atoms with van der Waals surface area (Å²) in [7, 11) is -10.3. The van der Waals surface area contributed by atoms with Crippen molar-refractivity contribution >= 4 is 182 Å². The van der Waals surface area contributed by atoms with Crippen molar-refractivity contribution in [2.75, 3.05) is 104 Å². The largest absolute Gasteiger partial charge is 0.338 e. The molecule has 0 aliphatic carbocycles. The number of rotatable bonds is 29. The highest BCUT2D eigenvalue weighted by atomic mass is 32.2. The molecule has 8 aliphatic rings. The molecule has 0 saturated carbocycles. The summed E-state index contributed by atoms with van der Waals surface area (Å²) in [6, 6.07) is 76.8. The van der Waals surface area contributed by atoms with Crippen molar-refractivity contribution in [3.8, 4) is 0 Å². The molecule has 0 bridgehead atoms. The number of hydrogen-bond acceptors (Lipinski definition) is 17. The van der Waals surface area contributed by atoms with Gasteiger partial charge in [-0.15, -0.1) is 0 Å². The lowest BCUT2D eigenvalue weighted by Gasteiger charge is -2.30. The quantitative estimate of drug-likeness (QED) is 0.0456. The summed E-state index contributed by atoms with van der Waals surface area (Å²) >= 11 is 0. The first kappa shape index (κ1) is 109. The summed E-state index contributed by atoms with van der Waals surface area (Å²) in [5.41, 5.74) is 14.1. The van der Waals surface area contributed by atoms with Gasteiger partial charge in [-0.05, 0) is 143 Å². The van der Waals surface area contributed by atoms with E-state index >= 15 is 0 Å². The fourth-order valence-electron chi connectivity index (χ4n) is 19.2. The first-order chi connectivity index (χ1) is 69.0. The van der Waals surface area contributed by atoms with Crippen LogP contribution in [-0.4, -0.2) is 189 Å². The minimum Gasteiger partial charge on any atom is -0.338 e. The lowest BCUT2D eigenvalue weighted by molar-refractivity contribution is 0.0689. The van der Waals surface area contributed by atoms with Crippen molar-refractivity contribution in [1.82, 2.24) is 22.5 Å². The van der Waals surface area contributed by atoms with Crippen molar-refractivity contribution in [3.63, 3.8) is 0 Å². The Bertz CT molecular complexity index is 6990. The number of carbonyl (C=O) groups is 5. The Morgan fingerprint density at radius 1 is 0.319 bits per heavy atom. The number of unbranched alkanes of at least 4 members (excludes halogenated alkanes) is 2. The van der Waals surface area contributed by atoms with Crippen LogP contribution in [0.4, 0.5) is 45.5 Å². The molecule has 0 saturated heterocycles.